The lowest BCUT2D eigenvalue weighted by Crippen LogP contribution is -2.05. The van der Waals surface area contributed by atoms with Crippen LogP contribution >= 0.6 is 0 Å². The third-order valence-corrected chi connectivity index (χ3v) is 4.41. The highest BCUT2D eigenvalue weighted by Crippen LogP contribution is 2.25. The molecule has 0 unspecified atom stereocenters. The minimum Gasteiger partial charge on any atom is -0.493 e. The Labute approximate surface area is 164 Å². The summed E-state index contributed by atoms with van der Waals surface area (Å²) < 4.78 is 11.1. The Kier molecular flexibility index (Phi) is 4.94. The maximum Gasteiger partial charge on any atom is 0.363 e. The molecular formula is C24H21NO3. The summed E-state index contributed by atoms with van der Waals surface area (Å²) in [6, 6.07) is 21.4. The van der Waals surface area contributed by atoms with Crippen LogP contribution in [0.4, 0.5) is 0 Å². The Morgan fingerprint density at radius 2 is 1.75 bits per heavy atom. The summed E-state index contributed by atoms with van der Waals surface area (Å²) in [6.45, 7) is 4.89. The van der Waals surface area contributed by atoms with Gasteiger partial charge in [-0.3, -0.25) is 0 Å². The van der Waals surface area contributed by atoms with Crippen molar-refractivity contribution in [2.24, 2.45) is 10.9 Å². The van der Waals surface area contributed by atoms with E-state index in [9.17, 15) is 4.79 Å². The minimum atomic E-state index is -0.442. The molecular weight excluding hydrogens is 350 g/mol. The molecule has 28 heavy (non-hydrogen) atoms. The second kappa shape index (κ2) is 7.69. The standard InChI is InChI=1S/C24H21NO3/c1-16(2)15-27-19-12-10-17(11-13-19)14-22-24(26)28-23(25-22)21-9-5-7-18-6-3-4-8-20(18)21/h3-14,16H,15H2,1-2H3/b22-14+. The summed E-state index contributed by atoms with van der Waals surface area (Å²) >= 11 is 0. The number of fused-ring (bicyclic) bond motifs is 1. The van der Waals surface area contributed by atoms with Gasteiger partial charge in [-0.2, -0.15) is 0 Å². The Hall–Kier alpha value is -3.40. The predicted molar refractivity (Wildman–Crippen MR) is 111 cm³/mol. The van der Waals surface area contributed by atoms with Crippen LogP contribution in [0.1, 0.15) is 25.0 Å². The van der Waals surface area contributed by atoms with Crippen molar-refractivity contribution >= 4 is 28.7 Å². The number of rotatable bonds is 5. The lowest BCUT2D eigenvalue weighted by atomic mass is 10.0. The summed E-state index contributed by atoms with van der Waals surface area (Å²) in [5.41, 5.74) is 1.97. The average molecular weight is 371 g/mol. The van der Waals surface area contributed by atoms with Crippen LogP contribution < -0.4 is 4.74 Å². The molecule has 3 aromatic carbocycles. The van der Waals surface area contributed by atoms with Gasteiger partial charge in [0.2, 0.25) is 5.90 Å². The van der Waals surface area contributed by atoms with Gasteiger partial charge in [0.15, 0.2) is 5.70 Å². The first-order valence-electron chi connectivity index (χ1n) is 9.34. The van der Waals surface area contributed by atoms with Gasteiger partial charge < -0.3 is 9.47 Å². The third kappa shape index (κ3) is 3.81. The number of hydrogen-bond donors (Lipinski definition) is 0. The monoisotopic (exact) mass is 371 g/mol. The van der Waals surface area contributed by atoms with Crippen molar-refractivity contribution in [1.82, 2.24) is 0 Å². The van der Waals surface area contributed by atoms with Crippen molar-refractivity contribution in [1.29, 1.82) is 0 Å². The van der Waals surface area contributed by atoms with Crippen LogP contribution in [0.15, 0.2) is 77.4 Å². The average Bonchev–Trinajstić information content (AvgIpc) is 3.07. The highest BCUT2D eigenvalue weighted by atomic mass is 16.6. The largest absolute Gasteiger partial charge is 0.493 e. The van der Waals surface area contributed by atoms with Crippen molar-refractivity contribution in [3.05, 3.63) is 83.6 Å². The number of cyclic esters (lactones) is 1. The highest BCUT2D eigenvalue weighted by Gasteiger charge is 2.25. The minimum absolute atomic E-state index is 0.291. The summed E-state index contributed by atoms with van der Waals surface area (Å²) in [5.74, 6) is 1.18. The number of carbonyl (C=O) groups is 1. The topological polar surface area (TPSA) is 47.9 Å². The van der Waals surface area contributed by atoms with E-state index in [-0.39, 0.29) is 0 Å². The summed E-state index contributed by atoms with van der Waals surface area (Å²) in [4.78, 5) is 16.8. The molecule has 140 valence electrons. The lowest BCUT2D eigenvalue weighted by Gasteiger charge is -2.08. The molecule has 0 aromatic heterocycles. The molecule has 3 aromatic rings. The van der Waals surface area contributed by atoms with E-state index in [0.717, 1.165) is 27.6 Å². The molecule has 0 aliphatic carbocycles. The smallest absolute Gasteiger partial charge is 0.363 e. The van der Waals surface area contributed by atoms with E-state index in [1.807, 2.05) is 66.7 Å². The third-order valence-electron chi connectivity index (χ3n) is 4.41. The van der Waals surface area contributed by atoms with E-state index in [1.54, 1.807) is 6.08 Å². The zero-order valence-corrected chi connectivity index (χ0v) is 15.9. The molecule has 1 heterocycles. The van der Waals surface area contributed by atoms with Gasteiger partial charge in [-0.25, -0.2) is 9.79 Å². The Morgan fingerprint density at radius 1 is 1.00 bits per heavy atom. The molecule has 0 amide bonds. The van der Waals surface area contributed by atoms with Crippen molar-refractivity contribution in [3.8, 4) is 5.75 Å². The van der Waals surface area contributed by atoms with Crippen LogP contribution in [0.5, 0.6) is 5.75 Å². The van der Waals surface area contributed by atoms with Gasteiger partial charge in [-0.05, 0) is 46.5 Å². The number of carbonyl (C=O) groups excluding carboxylic acids is 1. The number of ether oxygens (including phenoxy) is 2. The first-order valence-corrected chi connectivity index (χ1v) is 9.34. The zero-order chi connectivity index (χ0) is 19.5. The van der Waals surface area contributed by atoms with Crippen molar-refractivity contribution < 1.29 is 14.3 Å². The summed E-state index contributed by atoms with van der Waals surface area (Å²) in [6.07, 6.45) is 1.73. The van der Waals surface area contributed by atoms with E-state index in [0.29, 0.717) is 24.1 Å². The van der Waals surface area contributed by atoms with Gasteiger partial charge in [0.25, 0.3) is 0 Å². The zero-order valence-electron chi connectivity index (χ0n) is 15.9. The SMILES string of the molecule is CC(C)COc1ccc(/C=C2/N=C(c3cccc4ccccc34)OC2=O)cc1. The molecule has 1 aliphatic heterocycles. The van der Waals surface area contributed by atoms with Gasteiger partial charge in [-0.15, -0.1) is 0 Å². The summed E-state index contributed by atoms with van der Waals surface area (Å²) in [5, 5.41) is 2.08. The quantitative estimate of drug-likeness (QED) is 0.456. The molecule has 1 aliphatic rings. The van der Waals surface area contributed by atoms with Crippen LogP contribution in [0.25, 0.3) is 16.8 Å². The second-order valence-corrected chi connectivity index (χ2v) is 7.14. The molecule has 0 bridgehead atoms. The van der Waals surface area contributed by atoms with Gasteiger partial charge in [0.1, 0.15) is 5.75 Å². The first kappa shape index (κ1) is 18.0. The molecule has 0 saturated heterocycles. The number of nitrogens with zero attached hydrogens (tertiary/aromatic N) is 1. The fourth-order valence-electron chi connectivity index (χ4n) is 3.02. The van der Waals surface area contributed by atoms with Crippen LogP contribution in [0, 0.1) is 5.92 Å². The molecule has 0 saturated carbocycles. The van der Waals surface area contributed by atoms with Gasteiger partial charge in [0.05, 0.1) is 6.61 Å². The van der Waals surface area contributed by atoms with Crippen molar-refractivity contribution in [2.45, 2.75) is 13.8 Å². The predicted octanol–water partition coefficient (Wildman–Crippen LogP) is 5.22. The number of hydrogen-bond acceptors (Lipinski definition) is 4. The van der Waals surface area contributed by atoms with E-state index in [1.165, 1.54) is 0 Å². The Morgan fingerprint density at radius 3 is 2.54 bits per heavy atom. The molecule has 4 rings (SSSR count). The van der Waals surface area contributed by atoms with Crippen molar-refractivity contribution in [3.63, 3.8) is 0 Å². The summed E-state index contributed by atoms with van der Waals surface area (Å²) in [7, 11) is 0. The first-order chi connectivity index (χ1) is 13.6. The molecule has 0 atom stereocenters. The van der Waals surface area contributed by atoms with E-state index >= 15 is 0 Å². The Bertz CT molecular complexity index is 1070. The highest BCUT2D eigenvalue weighted by molar-refractivity contribution is 6.17. The normalized spacial score (nSPS) is 15.2. The fourth-order valence-corrected chi connectivity index (χ4v) is 3.02. The van der Waals surface area contributed by atoms with Gasteiger partial charge >= 0.3 is 5.97 Å². The van der Waals surface area contributed by atoms with Crippen LogP contribution in [-0.4, -0.2) is 18.5 Å². The molecule has 0 radical (unpaired) electrons. The molecule has 4 nitrogen and oxygen atoms in total. The number of aliphatic imine (C=N–C) groups is 1. The number of esters is 1. The molecule has 0 spiro atoms. The molecule has 0 N–H and O–H groups in total. The van der Waals surface area contributed by atoms with Gasteiger partial charge in [0, 0.05) is 5.56 Å². The van der Waals surface area contributed by atoms with E-state index in [4.69, 9.17) is 9.47 Å². The maximum atomic E-state index is 12.3. The van der Waals surface area contributed by atoms with Crippen LogP contribution in [-0.2, 0) is 9.53 Å². The van der Waals surface area contributed by atoms with Crippen LogP contribution in [0.2, 0.25) is 0 Å². The maximum absolute atomic E-state index is 12.3. The fraction of sp³-hybridized carbons (Fsp3) is 0.167. The lowest BCUT2D eigenvalue weighted by molar-refractivity contribution is -0.129. The Balaban J connectivity index is 1.60. The van der Waals surface area contributed by atoms with E-state index in [2.05, 4.69) is 18.8 Å². The second-order valence-electron chi connectivity index (χ2n) is 7.14. The number of benzene rings is 3. The van der Waals surface area contributed by atoms with E-state index < -0.39 is 5.97 Å². The van der Waals surface area contributed by atoms with Crippen LogP contribution in [0.3, 0.4) is 0 Å². The molecule has 4 heteroatoms. The van der Waals surface area contributed by atoms with Crippen molar-refractivity contribution in [2.75, 3.05) is 6.61 Å². The molecule has 0 fully saturated rings. The van der Waals surface area contributed by atoms with Gasteiger partial charge in [-0.1, -0.05) is 62.4 Å².